The van der Waals surface area contributed by atoms with Crippen molar-refractivity contribution in [2.45, 2.75) is 6.10 Å². The van der Waals surface area contributed by atoms with E-state index in [1.807, 2.05) is 0 Å². The number of carbonyl (C=O) groups excluding carboxylic acids is 1. The highest BCUT2D eigenvalue weighted by atomic mass is 16.6. The molecule has 1 aliphatic rings. The summed E-state index contributed by atoms with van der Waals surface area (Å²) in [4.78, 5) is 30.4. The van der Waals surface area contributed by atoms with Crippen molar-refractivity contribution in [2.75, 3.05) is 13.2 Å². The Kier molecular flexibility index (Phi) is 5.49. The Balaban J connectivity index is 0.000000218. The molecule has 19 heavy (non-hydrogen) atoms. The zero-order chi connectivity index (χ0) is 14.3. The molecule has 1 heterocycles. The quantitative estimate of drug-likeness (QED) is 0.595. The van der Waals surface area contributed by atoms with Crippen molar-refractivity contribution in [3.63, 3.8) is 0 Å². The van der Waals surface area contributed by atoms with Crippen molar-refractivity contribution < 1.29 is 34.1 Å². The maximum Gasteiger partial charge on any atom is 0.336 e. The Hall–Kier alpha value is -2.41. The van der Waals surface area contributed by atoms with Gasteiger partial charge in [0.25, 0.3) is 6.47 Å². The van der Waals surface area contributed by atoms with E-state index in [2.05, 4.69) is 4.74 Å². The van der Waals surface area contributed by atoms with Crippen molar-refractivity contribution in [3.05, 3.63) is 35.4 Å². The molecule has 0 aliphatic carbocycles. The first-order valence-electron chi connectivity index (χ1n) is 5.28. The highest BCUT2D eigenvalue weighted by Gasteiger charge is 2.22. The van der Waals surface area contributed by atoms with E-state index in [1.54, 1.807) is 0 Å². The number of epoxide rings is 1. The number of carbonyl (C=O) groups is 3. The average Bonchev–Trinajstić information content (AvgIpc) is 3.21. The molecule has 0 saturated carbocycles. The van der Waals surface area contributed by atoms with Gasteiger partial charge in [0.2, 0.25) is 0 Å². The van der Waals surface area contributed by atoms with Crippen molar-refractivity contribution in [1.29, 1.82) is 0 Å². The Morgan fingerprint density at radius 3 is 2.05 bits per heavy atom. The third-order valence-electron chi connectivity index (χ3n) is 2.14. The second kappa shape index (κ2) is 7.12. The summed E-state index contributed by atoms with van der Waals surface area (Å²) in [5.41, 5.74) is -0.380. The van der Waals surface area contributed by atoms with E-state index in [0.29, 0.717) is 13.1 Å². The Bertz CT molecular complexity index is 432. The Morgan fingerprint density at radius 1 is 1.26 bits per heavy atom. The van der Waals surface area contributed by atoms with E-state index in [-0.39, 0.29) is 17.2 Å². The van der Waals surface area contributed by atoms with Crippen LogP contribution in [0.2, 0.25) is 0 Å². The minimum absolute atomic E-state index is 0.190. The molecule has 1 aliphatic heterocycles. The minimum atomic E-state index is -1.23. The van der Waals surface area contributed by atoms with E-state index in [0.717, 1.165) is 6.61 Å². The average molecular weight is 268 g/mol. The molecule has 1 atom stereocenters. The van der Waals surface area contributed by atoms with Crippen LogP contribution in [0.25, 0.3) is 0 Å². The summed E-state index contributed by atoms with van der Waals surface area (Å²) in [5.74, 6) is -2.46. The first-order valence-corrected chi connectivity index (χ1v) is 5.28. The number of carboxylic acids is 2. The maximum absolute atomic E-state index is 10.5. The Morgan fingerprint density at radius 2 is 1.74 bits per heavy atom. The third-order valence-corrected chi connectivity index (χ3v) is 2.14. The van der Waals surface area contributed by atoms with Gasteiger partial charge in [-0.05, 0) is 12.1 Å². The predicted molar refractivity (Wildman–Crippen MR) is 62.1 cm³/mol. The van der Waals surface area contributed by atoms with Gasteiger partial charge in [-0.25, -0.2) is 9.59 Å². The van der Waals surface area contributed by atoms with E-state index < -0.39 is 11.9 Å². The van der Waals surface area contributed by atoms with Gasteiger partial charge in [0.05, 0.1) is 17.7 Å². The summed E-state index contributed by atoms with van der Waals surface area (Å²) in [6, 6.07) is 5.48. The van der Waals surface area contributed by atoms with Crippen LogP contribution in [0.5, 0.6) is 0 Å². The number of benzene rings is 1. The van der Waals surface area contributed by atoms with E-state index in [9.17, 15) is 14.4 Å². The van der Waals surface area contributed by atoms with Gasteiger partial charge in [-0.2, -0.15) is 0 Å². The van der Waals surface area contributed by atoms with Crippen molar-refractivity contribution >= 4 is 18.4 Å². The fourth-order valence-corrected chi connectivity index (χ4v) is 1.17. The van der Waals surface area contributed by atoms with Gasteiger partial charge in [-0.15, -0.1) is 0 Å². The van der Waals surface area contributed by atoms with Gasteiger partial charge in [-0.1, -0.05) is 12.1 Å². The summed E-state index contributed by atoms with van der Waals surface area (Å²) in [5, 5.41) is 17.1. The molecule has 102 valence electrons. The highest BCUT2D eigenvalue weighted by Crippen LogP contribution is 2.08. The van der Waals surface area contributed by atoms with Crippen LogP contribution in [-0.4, -0.2) is 47.9 Å². The second-order valence-electron chi connectivity index (χ2n) is 3.54. The van der Waals surface area contributed by atoms with Crippen molar-refractivity contribution in [3.8, 4) is 0 Å². The number of ether oxygens (including phenoxy) is 2. The Labute approximate surface area is 108 Å². The molecule has 1 unspecified atom stereocenters. The zero-order valence-electron chi connectivity index (χ0n) is 9.81. The maximum atomic E-state index is 10.5. The molecule has 2 N–H and O–H groups in total. The third kappa shape index (κ3) is 5.17. The van der Waals surface area contributed by atoms with E-state index >= 15 is 0 Å². The lowest BCUT2D eigenvalue weighted by atomic mass is 10.1. The molecular weight excluding hydrogens is 256 g/mol. The van der Waals surface area contributed by atoms with Crippen LogP contribution >= 0.6 is 0 Å². The smallest absolute Gasteiger partial charge is 0.336 e. The van der Waals surface area contributed by atoms with Gasteiger partial charge < -0.3 is 19.7 Å². The predicted octanol–water partition coefficient (Wildman–Crippen LogP) is 0.641. The molecule has 7 nitrogen and oxygen atoms in total. The van der Waals surface area contributed by atoms with Gasteiger partial charge in [-0.3, -0.25) is 4.79 Å². The normalized spacial score (nSPS) is 15.7. The highest BCUT2D eigenvalue weighted by molar-refractivity contribution is 6.01. The topological polar surface area (TPSA) is 113 Å². The molecule has 0 bridgehead atoms. The number of rotatable bonds is 5. The minimum Gasteiger partial charge on any atom is -0.478 e. The first kappa shape index (κ1) is 14.7. The molecule has 1 fully saturated rings. The van der Waals surface area contributed by atoms with Crippen LogP contribution in [-0.2, 0) is 14.3 Å². The van der Waals surface area contributed by atoms with Crippen molar-refractivity contribution in [2.24, 2.45) is 0 Å². The van der Waals surface area contributed by atoms with Crippen LogP contribution in [0, 0.1) is 0 Å². The summed E-state index contributed by atoms with van der Waals surface area (Å²) in [7, 11) is 0. The lowest BCUT2D eigenvalue weighted by Crippen LogP contribution is -2.06. The number of aromatic carboxylic acids is 2. The molecular formula is C12H12O7. The standard InChI is InChI=1S/C8H6O4.C4H6O3/c9-7(10)5-3-1-2-4-6(5)8(11)12;5-3-6-1-4-2-7-4/h1-4H,(H,9,10)(H,11,12);3-4H,1-2H2. The zero-order valence-corrected chi connectivity index (χ0v) is 9.81. The molecule has 0 aromatic heterocycles. The summed E-state index contributed by atoms with van der Waals surface area (Å²) in [6.45, 7) is 1.60. The molecule has 0 amide bonds. The second-order valence-corrected chi connectivity index (χ2v) is 3.54. The monoisotopic (exact) mass is 268 g/mol. The molecule has 1 saturated heterocycles. The summed E-state index contributed by atoms with van der Waals surface area (Å²) in [6.07, 6.45) is 0.199. The van der Waals surface area contributed by atoms with Crippen LogP contribution in [0.15, 0.2) is 24.3 Å². The number of carboxylic acid groups (broad SMARTS) is 2. The fourth-order valence-electron chi connectivity index (χ4n) is 1.17. The molecule has 0 spiro atoms. The van der Waals surface area contributed by atoms with E-state index in [1.165, 1.54) is 24.3 Å². The van der Waals surface area contributed by atoms with Crippen LogP contribution in [0.1, 0.15) is 20.7 Å². The van der Waals surface area contributed by atoms with Crippen molar-refractivity contribution in [1.82, 2.24) is 0 Å². The molecule has 1 aromatic carbocycles. The lowest BCUT2D eigenvalue weighted by molar-refractivity contribution is -0.129. The fraction of sp³-hybridized carbons (Fsp3) is 0.250. The molecule has 7 heteroatoms. The number of hydrogen-bond acceptors (Lipinski definition) is 5. The van der Waals surface area contributed by atoms with E-state index in [4.69, 9.17) is 14.9 Å². The van der Waals surface area contributed by atoms with Crippen LogP contribution in [0.4, 0.5) is 0 Å². The van der Waals surface area contributed by atoms with Gasteiger partial charge in [0, 0.05) is 0 Å². The van der Waals surface area contributed by atoms with Crippen LogP contribution in [0.3, 0.4) is 0 Å². The van der Waals surface area contributed by atoms with Gasteiger partial charge in [0.1, 0.15) is 12.7 Å². The summed E-state index contributed by atoms with van der Waals surface area (Å²) >= 11 is 0. The van der Waals surface area contributed by atoms with Crippen LogP contribution < -0.4 is 0 Å². The summed E-state index contributed by atoms with van der Waals surface area (Å²) < 4.78 is 9.08. The molecule has 2 rings (SSSR count). The molecule has 0 radical (unpaired) electrons. The lowest BCUT2D eigenvalue weighted by Gasteiger charge is -1.98. The van der Waals surface area contributed by atoms with Gasteiger partial charge >= 0.3 is 11.9 Å². The molecule has 1 aromatic rings. The largest absolute Gasteiger partial charge is 0.478 e. The first-order chi connectivity index (χ1) is 9.06. The van der Waals surface area contributed by atoms with Gasteiger partial charge in [0.15, 0.2) is 0 Å². The number of hydrogen-bond donors (Lipinski definition) is 2. The SMILES string of the molecule is O=C(O)c1ccccc1C(=O)O.O=COCC1CO1.